The molecule has 1 aromatic rings. The van der Waals surface area contributed by atoms with E-state index in [9.17, 15) is 9.59 Å². The molecular formula is C19H32N4O2. The molecule has 0 heterocycles. The molecule has 6 nitrogen and oxygen atoms in total. The Balaban J connectivity index is 2.50. The third kappa shape index (κ3) is 7.56. The van der Waals surface area contributed by atoms with Crippen LogP contribution in [0, 0.1) is 6.92 Å². The third-order valence-electron chi connectivity index (χ3n) is 4.04. The average molecular weight is 348 g/mol. The molecule has 0 bridgehead atoms. The fourth-order valence-electron chi connectivity index (χ4n) is 2.60. The maximum Gasteiger partial charge on any atom is 0.233 e. The van der Waals surface area contributed by atoms with Crippen LogP contribution in [-0.4, -0.2) is 57.0 Å². The number of carbonyl (C=O) groups is 2. The van der Waals surface area contributed by atoms with E-state index in [1.165, 1.54) is 0 Å². The van der Waals surface area contributed by atoms with Gasteiger partial charge in [-0.3, -0.25) is 9.59 Å². The van der Waals surface area contributed by atoms with E-state index in [1.54, 1.807) is 0 Å². The number of anilines is 2. The smallest absolute Gasteiger partial charge is 0.233 e. The number of aryl methyl sites for hydroxylation is 1. The minimum Gasteiger partial charge on any atom is -0.372 e. The van der Waals surface area contributed by atoms with Gasteiger partial charge in [0, 0.05) is 31.0 Å². The van der Waals surface area contributed by atoms with Gasteiger partial charge in [0.1, 0.15) is 6.42 Å². The van der Waals surface area contributed by atoms with Gasteiger partial charge in [0.25, 0.3) is 0 Å². The highest BCUT2D eigenvalue weighted by Crippen LogP contribution is 2.22. The largest absolute Gasteiger partial charge is 0.372 e. The van der Waals surface area contributed by atoms with Crippen LogP contribution in [0.2, 0.25) is 0 Å². The molecule has 140 valence electrons. The predicted molar refractivity (Wildman–Crippen MR) is 104 cm³/mol. The number of benzene rings is 1. The Labute approximate surface area is 151 Å². The van der Waals surface area contributed by atoms with E-state index in [-0.39, 0.29) is 18.2 Å². The Morgan fingerprint density at radius 1 is 1.08 bits per heavy atom. The van der Waals surface area contributed by atoms with E-state index in [1.807, 2.05) is 33.2 Å². The first-order chi connectivity index (χ1) is 11.9. The highest BCUT2D eigenvalue weighted by Gasteiger charge is 2.11. The maximum absolute atomic E-state index is 12.1. The van der Waals surface area contributed by atoms with E-state index in [0.717, 1.165) is 43.0 Å². The van der Waals surface area contributed by atoms with Gasteiger partial charge in [0.2, 0.25) is 11.8 Å². The van der Waals surface area contributed by atoms with Crippen molar-refractivity contribution in [3.05, 3.63) is 23.8 Å². The third-order valence-corrected chi connectivity index (χ3v) is 4.04. The highest BCUT2D eigenvalue weighted by atomic mass is 16.2. The standard InChI is InChI=1S/C19H32N4O2/c1-6-23(7-2)16-9-10-17(15(3)13-16)21-19(25)14-18(24)20-11-8-12-22(4)5/h9-10,13H,6-8,11-12,14H2,1-5H3,(H,20,24)(H,21,25). The molecule has 2 N–H and O–H groups in total. The summed E-state index contributed by atoms with van der Waals surface area (Å²) >= 11 is 0. The van der Waals surface area contributed by atoms with Crippen molar-refractivity contribution in [1.82, 2.24) is 10.2 Å². The zero-order chi connectivity index (χ0) is 18.8. The number of hydrogen-bond acceptors (Lipinski definition) is 4. The quantitative estimate of drug-likeness (QED) is 0.503. The molecule has 0 aliphatic heterocycles. The van der Waals surface area contributed by atoms with E-state index < -0.39 is 0 Å². The molecule has 0 aliphatic carbocycles. The first kappa shape index (κ1) is 21.0. The molecule has 0 aliphatic rings. The Morgan fingerprint density at radius 3 is 2.32 bits per heavy atom. The molecule has 6 heteroatoms. The Kier molecular flexibility index (Phi) is 8.99. The topological polar surface area (TPSA) is 64.7 Å². The summed E-state index contributed by atoms with van der Waals surface area (Å²) in [4.78, 5) is 28.2. The molecular weight excluding hydrogens is 316 g/mol. The lowest BCUT2D eigenvalue weighted by molar-refractivity contribution is -0.126. The lowest BCUT2D eigenvalue weighted by atomic mass is 10.1. The van der Waals surface area contributed by atoms with Crippen molar-refractivity contribution in [1.29, 1.82) is 0 Å². The monoisotopic (exact) mass is 348 g/mol. The van der Waals surface area contributed by atoms with Gasteiger partial charge in [-0.05, 0) is 71.6 Å². The second-order valence-electron chi connectivity index (χ2n) is 6.40. The number of amides is 2. The summed E-state index contributed by atoms with van der Waals surface area (Å²) in [5.74, 6) is -0.530. The Bertz CT molecular complexity index is 569. The number of rotatable bonds is 10. The zero-order valence-corrected chi connectivity index (χ0v) is 16.2. The zero-order valence-electron chi connectivity index (χ0n) is 16.2. The molecule has 0 unspecified atom stereocenters. The van der Waals surface area contributed by atoms with Crippen LogP contribution < -0.4 is 15.5 Å². The van der Waals surface area contributed by atoms with Crippen LogP contribution in [0.5, 0.6) is 0 Å². The molecule has 0 spiro atoms. The highest BCUT2D eigenvalue weighted by molar-refractivity contribution is 6.03. The van der Waals surface area contributed by atoms with Gasteiger partial charge in [0.15, 0.2) is 0 Å². The summed E-state index contributed by atoms with van der Waals surface area (Å²) in [7, 11) is 3.98. The summed E-state index contributed by atoms with van der Waals surface area (Å²) in [6, 6.07) is 5.96. The van der Waals surface area contributed by atoms with Crippen molar-refractivity contribution in [2.75, 3.05) is 50.5 Å². The maximum atomic E-state index is 12.1. The fourth-order valence-corrected chi connectivity index (χ4v) is 2.60. The van der Waals surface area contributed by atoms with E-state index in [2.05, 4.69) is 40.3 Å². The van der Waals surface area contributed by atoms with Crippen LogP contribution in [-0.2, 0) is 9.59 Å². The van der Waals surface area contributed by atoms with Crippen LogP contribution in [0.25, 0.3) is 0 Å². The van der Waals surface area contributed by atoms with Crippen LogP contribution in [0.15, 0.2) is 18.2 Å². The SMILES string of the molecule is CCN(CC)c1ccc(NC(=O)CC(=O)NCCCN(C)C)c(C)c1. The molecule has 0 saturated carbocycles. The first-order valence-electron chi connectivity index (χ1n) is 8.94. The summed E-state index contributed by atoms with van der Waals surface area (Å²) in [6.45, 7) is 9.57. The van der Waals surface area contributed by atoms with Gasteiger partial charge in [-0.15, -0.1) is 0 Å². The number of carbonyl (C=O) groups excluding carboxylic acids is 2. The fraction of sp³-hybridized carbons (Fsp3) is 0.579. The predicted octanol–water partition coefficient (Wildman–Crippen LogP) is 2.24. The molecule has 1 rings (SSSR count). The van der Waals surface area contributed by atoms with Crippen molar-refractivity contribution in [3.63, 3.8) is 0 Å². The van der Waals surface area contributed by atoms with E-state index in [0.29, 0.717) is 6.54 Å². The number of nitrogens with zero attached hydrogens (tertiary/aromatic N) is 2. The molecule has 0 saturated heterocycles. The summed E-state index contributed by atoms with van der Waals surface area (Å²) < 4.78 is 0. The van der Waals surface area contributed by atoms with Gasteiger partial charge in [0.05, 0.1) is 0 Å². The molecule has 0 fully saturated rings. The van der Waals surface area contributed by atoms with Crippen molar-refractivity contribution in [2.24, 2.45) is 0 Å². The summed E-state index contributed by atoms with van der Waals surface area (Å²) in [5.41, 5.74) is 2.88. The molecule has 1 aromatic carbocycles. The van der Waals surface area contributed by atoms with Gasteiger partial charge in [-0.2, -0.15) is 0 Å². The first-order valence-corrected chi connectivity index (χ1v) is 8.94. The lowest BCUT2D eigenvalue weighted by Gasteiger charge is -2.22. The van der Waals surface area contributed by atoms with Crippen LogP contribution >= 0.6 is 0 Å². The summed E-state index contributed by atoms with van der Waals surface area (Å²) in [5, 5.41) is 5.60. The van der Waals surface area contributed by atoms with Gasteiger partial charge >= 0.3 is 0 Å². The van der Waals surface area contributed by atoms with Gasteiger partial charge in [-0.1, -0.05) is 0 Å². The Hall–Kier alpha value is -2.08. The average Bonchev–Trinajstić information content (AvgIpc) is 2.55. The molecule has 2 amide bonds. The van der Waals surface area contributed by atoms with Crippen molar-refractivity contribution in [3.8, 4) is 0 Å². The van der Waals surface area contributed by atoms with Crippen molar-refractivity contribution < 1.29 is 9.59 Å². The molecule has 25 heavy (non-hydrogen) atoms. The van der Waals surface area contributed by atoms with E-state index >= 15 is 0 Å². The van der Waals surface area contributed by atoms with E-state index in [4.69, 9.17) is 0 Å². The molecule has 0 radical (unpaired) electrons. The lowest BCUT2D eigenvalue weighted by Crippen LogP contribution is -2.30. The second kappa shape index (κ2) is 10.7. The summed E-state index contributed by atoms with van der Waals surface area (Å²) in [6.07, 6.45) is 0.714. The molecule has 0 atom stereocenters. The normalized spacial score (nSPS) is 10.6. The Morgan fingerprint density at radius 2 is 1.76 bits per heavy atom. The minimum atomic E-state index is -0.288. The second-order valence-corrected chi connectivity index (χ2v) is 6.40. The van der Waals surface area contributed by atoms with Gasteiger partial charge in [-0.25, -0.2) is 0 Å². The van der Waals surface area contributed by atoms with Crippen LogP contribution in [0.3, 0.4) is 0 Å². The number of hydrogen-bond donors (Lipinski definition) is 2. The minimum absolute atomic E-state index is 0.154. The molecule has 0 aromatic heterocycles. The van der Waals surface area contributed by atoms with Crippen molar-refractivity contribution >= 4 is 23.2 Å². The van der Waals surface area contributed by atoms with Crippen LogP contribution in [0.1, 0.15) is 32.3 Å². The number of nitrogens with one attached hydrogen (secondary N) is 2. The van der Waals surface area contributed by atoms with Crippen LogP contribution in [0.4, 0.5) is 11.4 Å². The van der Waals surface area contributed by atoms with Gasteiger partial charge < -0.3 is 20.4 Å². The van der Waals surface area contributed by atoms with Crippen molar-refractivity contribution in [2.45, 2.75) is 33.6 Å².